The molecule has 1 aromatic carbocycles. The van der Waals surface area contributed by atoms with Crippen molar-refractivity contribution in [3.8, 4) is 0 Å². The second-order valence-corrected chi connectivity index (χ2v) is 9.18. The summed E-state index contributed by atoms with van der Waals surface area (Å²) in [6.07, 6.45) is 1.32. The van der Waals surface area contributed by atoms with E-state index in [9.17, 15) is 13.2 Å². The van der Waals surface area contributed by atoms with Gasteiger partial charge in [0, 0.05) is 10.7 Å². The Labute approximate surface area is 154 Å². The number of rotatable bonds is 5. The third-order valence-corrected chi connectivity index (χ3v) is 7.24. The lowest BCUT2D eigenvalue weighted by atomic mass is 10.2. The van der Waals surface area contributed by atoms with Gasteiger partial charge < -0.3 is 0 Å². The summed E-state index contributed by atoms with van der Waals surface area (Å²) in [5.41, 5.74) is 0.400. The molecule has 0 aromatic heterocycles. The molecule has 0 unspecified atom stereocenters. The normalized spacial score (nSPS) is 11.4. The average molecular weight is 619 g/mol. The molecule has 0 atom stereocenters. The molecule has 0 aliphatic heterocycles. The van der Waals surface area contributed by atoms with E-state index in [-0.39, 0.29) is 5.75 Å². The van der Waals surface area contributed by atoms with Crippen molar-refractivity contribution in [2.75, 3.05) is 5.75 Å². The van der Waals surface area contributed by atoms with Gasteiger partial charge >= 0.3 is 0 Å². The van der Waals surface area contributed by atoms with Crippen LogP contribution in [0.15, 0.2) is 12.1 Å². The Balaban J connectivity index is 2.96. The largest absolute Gasteiger partial charge is 0.268 e. The minimum Gasteiger partial charge on any atom is -0.268 e. The van der Waals surface area contributed by atoms with E-state index in [1.807, 2.05) is 13.0 Å². The zero-order valence-corrected chi connectivity index (χ0v) is 17.3. The van der Waals surface area contributed by atoms with E-state index in [4.69, 9.17) is 0 Å². The predicted molar refractivity (Wildman–Crippen MR) is 101 cm³/mol. The Bertz CT molecular complexity index is 587. The molecule has 1 aromatic rings. The molecule has 4 nitrogen and oxygen atoms in total. The molecule has 1 amide bonds. The van der Waals surface area contributed by atoms with Gasteiger partial charge in [0.25, 0.3) is 5.91 Å². The van der Waals surface area contributed by atoms with Crippen LogP contribution in [0.25, 0.3) is 0 Å². The highest BCUT2D eigenvalue weighted by Gasteiger charge is 2.19. The van der Waals surface area contributed by atoms with Crippen molar-refractivity contribution in [2.24, 2.45) is 0 Å². The lowest BCUT2D eigenvalue weighted by molar-refractivity contribution is 0.0980. The number of amides is 1. The molecular weight excluding hydrogens is 607 g/mol. The molecule has 19 heavy (non-hydrogen) atoms. The molecule has 0 aliphatic rings. The third kappa shape index (κ3) is 5.61. The molecule has 0 saturated heterocycles. The molecule has 8 heteroatoms. The van der Waals surface area contributed by atoms with Crippen molar-refractivity contribution < 1.29 is 13.2 Å². The number of carbonyl (C=O) groups is 1. The average Bonchev–Trinajstić information content (AvgIpc) is 2.30. The van der Waals surface area contributed by atoms with Gasteiger partial charge in [-0.25, -0.2) is 13.1 Å². The number of hydrogen-bond acceptors (Lipinski definition) is 3. The first-order valence-electron chi connectivity index (χ1n) is 5.46. The number of nitrogens with one attached hydrogen (secondary N) is 1. The van der Waals surface area contributed by atoms with Gasteiger partial charge in [0.1, 0.15) is 0 Å². The van der Waals surface area contributed by atoms with E-state index < -0.39 is 15.9 Å². The van der Waals surface area contributed by atoms with E-state index in [0.29, 0.717) is 12.0 Å². The minimum absolute atomic E-state index is 0.0210. The maximum absolute atomic E-state index is 12.0. The third-order valence-electron chi connectivity index (χ3n) is 2.25. The molecule has 0 saturated carbocycles. The van der Waals surface area contributed by atoms with Crippen molar-refractivity contribution in [3.63, 3.8) is 0 Å². The summed E-state index contributed by atoms with van der Waals surface area (Å²) in [6, 6.07) is 3.63. The van der Waals surface area contributed by atoms with Crippen LogP contribution in [0.3, 0.4) is 0 Å². The van der Waals surface area contributed by atoms with E-state index in [1.165, 1.54) is 0 Å². The minimum atomic E-state index is -3.54. The first-order valence-corrected chi connectivity index (χ1v) is 10.3. The maximum Gasteiger partial charge on any atom is 0.265 e. The first-order chi connectivity index (χ1) is 8.76. The van der Waals surface area contributed by atoms with Gasteiger partial charge in [-0.05, 0) is 86.3 Å². The zero-order chi connectivity index (χ0) is 14.6. The first kappa shape index (κ1) is 17.9. The Kier molecular flexibility index (Phi) is 7.27. The summed E-state index contributed by atoms with van der Waals surface area (Å²) in [5.74, 6) is -0.579. The summed E-state index contributed by atoms with van der Waals surface area (Å²) in [5, 5.41) is 0. The molecule has 0 bridgehead atoms. The summed E-state index contributed by atoms with van der Waals surface area (Å²) in [6.45, 7) is 1.90. The molecule has 1 rings (SSSR count). The Hall–Kier alpha value is 0.830. The SMILES string of the molecule is CCCCS(=O)(=O)NC(=O)c1cc(I)cc(I)c1I. The second-order valence-electron chi connectivity index (χ2n) is 3.85. The number of carbonyl (C=O) groups excluding carboxylic acids is 1. The van der Waals surface area contributed by atoms with Gasteiger partial charge in [0.2, 0.25) is 10.0 Å². The lowest BCUT2D eigenvalue weighted by Gasteiger charge is -2.09. The number of halogens is 3. The Morgan fingerprint density at radius 1 is 1.26 bits per heavy atom. The van der Waals surface area contributed by atoms with Crippen LogP contribution in [0.1, 0.15) is 30.1 Å². The fourth-order valence-electron chi connectivity index (χ4n) is 1.30. The van der Waals surface area contributed by atoms with Crippen LogP contribution in [0.2, 0.25) is 0 Å². The highest BCUT2D eigenvalue weighted by atomic mass is 127. The fourth-order valence-corrected chi connectivity index (χ4v) is 4.87. The standard InChI is InChI=1S/C11H12I3NO3S/c1-2-3-4-19(17,18)15-11(16)8-5-7(12)6-9(13)10(8)14/h5-6H,2-4H2,1H3,(H,15,16). The van der Waals surface area contributed by atoms with Crippen LogP contribution >= 0.6 is 67.8 Å². The lowest BCUT2D eigenvalue weighted by Crippen LogP contribution is -2.33. The quantitative estimate of drug-likeness (QED) is 0.407. The van der Waals surface area contributed by atoms with Crippen LogP contribution in [0.4, 0.5) is 0 Å². The molecule has 0 fully saturated rings. The number of benzene rings is 1. The molecular formula is C11H12I3NO3S. The van der Waals surface area contributed by atoms with Gasteiger partial charge in [-0.1, -0.05) is 13.3 Å². The summed E-state index contributed by atoms with van der Waals surface area (Å²) in [4.78, 5) is 12.0. The topological polar surface area (TPSA) is 63.2 Å². The van der Waals surface area contributed by atoms with Gasteiger partial charge in [-0.2, -0.15) is 0 Å². The molecule has 106 valence electrons. The van der Waals surface area contributed by atoms with Crippen LogP contribution in [-0.4, -0.2) is 20.1 Å². The number of sulfonamides is 1. The van der Waals surface area contributed by atoms with Crippen molar-refractivity contribution in [3.05, 3.63) is 28.4 Å². The van der Waals surface area contributed by atoms with Crippen LogP contribution in [0.5, 0.6) is 0 Å². The second kappa shape index (κ2) is 7.73. The van der Waals surface area contributed by atoms with E-state index in [2.05, 4.69) is 72.5 Å². The van der Waals surface area contributed by atoms with Gasteiger partial charge in [0.05, 0.1) is 11.3 Å². The number of unbranched alkanes of at least 4 members (excludes halogenated alkanes) is 1. The predicted octanol–water partition coefficient (Wildman–Crippen LogP) is 3.36. The van der Waals surface area contributed by atoms with E-state index >= 15 is 0 Å². The zero-order valence-electron chi connectivity index (χ0n) is 10.0. The van der Waals surface area contributed by atoms with Crippen molar-refractivity contribution in [2.45, 2.75) is 19.8 Å². The van der Waals surface area contributed by atoms with Crippen LogP contribution in [0, 0.1) is 10.7 Å². The van der Waals surface area contributed by atoms with E-state index in [1.54, 1.807) is 6.07 Å². The van der Waals surface area contributed by atoms with Gasteiger partial charge in [-0.15, -0.1) is 0 Å². The van der Waals surface area contributed by atoms with Crippen LogP contribution in [-0.2, 0) is 10.0 Å². The molecule has 0 aliphatic carbocycles. The fraction of sp³-hybridized carbons (Fsp3) is 0.364. The van der Waals surface area contributed by atoms with Crippen molar-refractivity contribution in [1.29, 1.82) is 0 Å². The Morgan fingerprint density at radius 3 is 2.47 bits per heavy atom. The maximum atomic E-state index is 12.0. The highest BCUT2D eigenvalue weighted by molar-refractivity contribution is 14.1. The number of hydrogen-bond donors (Lipinski definition) is 1. The van der Waals surface area contributed by atoms with Crippen LogP contribution < -0.4 is 4.72 Å². The molecule has 0 heterocycles. The molecule has 1 N–H and O–H groups in total. The van der Waals surface area contributed by atoms with Crippen molar-refractivity contribution >= 4 is 83.7 Å². The molecule has 0 radical (unpaired) electrons. The Morgan fingerprint density at radius 2 is 1.89 bits per heavy atom. The summed E-state index contributed by atoms with van der Waals surface area (Å²) >= 11 is 6.28. The highest BCUT2D eigenvalue weighted by Crippen LogP contribution is 2.22. The summed E-state index contributed by atoms with van der Waals surface area (Å²) < 4.78 is 28.2. The van der Waals surface area contributed by atoms with Crippen molar-refractivity contribution in [1.82, 2.24) is 4.72 Å². The smallest absolute Gasteiger partial charge is 0.265 e. The monoisotopic (exact) mass is 619 g/mol. The molecule has 0 spiro atoms. The van der Waals surface area contributed by atoms with E-state index in [0.717, 1.165) is 17.1 Å². The van der Waals surface area contributed by atoms with Gasteiger partial charge in [0.15, 0.2) is 0 Å². The van der Waals surface area contributed by atoms with Gasteiger partial charge in [-0.3, -0.25) is 4.79 Å². The summed E-state index contributed by atoms with van der Waals surface area (Å²) in [7, 11) is -3.54.